The van der Waals surface area contributed by atoms with E-state index in [1.165, 1.54) is 18.5 Å². The van der Waals surface area contributed by atoms with Crippen molar-refractivity contribution in [1.82, 2.24) is 4.98 Å². The molecule has 0 unspecified atom stereocenters. The van der Waals surface area contributed by atoms with Gasteiger partial charge in [-0.3, -0.25) is 9.78 Å². The molecule has 0 fully saturated rings. The maximum absolute atomic E-state index is 10.9. The Morgan fingerprint density at radius 3 is 2.58 bits per heavy atom. The molecule has 0 aliphatic heterocycles. The molecule has 1 aromatic carbocycles. The van der Waals surface area contributed by atoms with Gasteiger partial charge in [-0.05, 0) is 48.1 Å². The molecule has 0 spiro atoms. The lowest BCUT2D eigenvalue weighted by molar-refractivity contribution is -0.137. The van der Waals surface area contributed by atoms with Gasteiger partial charge in [0.15, 0.2) is 0 Å². The van der Waals surface area contributed by atoms with Crippen LogP contribution in [0.15, 0.2) is 36.7 Å². The number of hydrogen-bond donors (Lipinski definition) is 2. The molecule has 1 atom stereocenters. The number of fused-ring (bicyclic) bond motifs is 1. The molecule has 7 heteroatoms. The van der Waals surface area contributed by atoms with Crippen LogP contribution in [0, 0.1) is 0 Å². The topological polar surface area (TPSA) is 106 Å². The van der Waals surface area contributed by atoms with Gasteiger partial charge in [0, 0.05) is 6.20 Å². The van der Waals surface area contributed by atoms with Crippen LogP contribution in [0.2, 0.25) is 0 Å². The van der Waals surface area contributed by atoms with Gasteiger partial charge in [0.05, 0.1) is 18.2 Å². The first-order valence-corrected chi connectivity index (χ1v) is 8.31. The van der Waals surface area contributed by atoms with Gasteiger partial charge in [0.1, 0.15) is 24.7 Å². The first kappa shape index (κ1) is 17.7. The third-order valence-corrected chi connectivity index (χ3v) is 4.32. The summed E-state index contributed by atoms with van der Waals surface area (Å²) >= 11 is 0. The van der Waals surface area contributed by atoms with E-state index in [1.807, 2.05) is 18.2 Å². The van der Waals surface area contributed by atoms with Crippen molar-refractivity contribution >= 4 is 11.9 Å². The highest BCUT2D eigenvalue weighted by atomic mass is 16.5. The quantitative estimate of drug-likeness (QED) is 0.700. The number of benzene rings is 1. The fourth-order valence-corrected chi connectivity index (χ4v) is 3.13. The SMILES string of the molecule is O=C(O)C[C@@H]1CCc2cc(OCCOc3cncc(C(=O)O)c3)ccc21. The van der Waals surface area contributed by atoms with Gasteiger partial charge in [-0.2, -0.15) is 0 Å². The molecule has 1 aliphatic carbocycles. The Morgan fingerprint density at radius 2 is 1.85 bits per heavy atom. The van der Waals surface area contributed by atoms with Gasteiger partial charge in [-0.15, -0.1) is 0 Å². The van der Waals surface area contributed by atoms with Crippen LogP contribution < -0.4 is 9.47 Å². The van der Waals surface area contributed by atoms with Crippen LogP contribution in [0.1, 0.15) is 40.2 Å². The van der Waals surface area contributed by atoms with Gasteiger partial charge < -0.3 is 19.7 Å². The number of rotatable bonds is 8. The highest BCUT2D eigenvalue weighted by Gasteiger charge is 2.24. The number of aromatic carboxylic acids is 1. The van der Waals surface area contributed by atoms with Crippen LogP contribution in [0.4, 0.5) is 0 Å². The Labute approximate surface area is 150 Å². The fraction of sp³-hybridized carbons (Fsp3) is 0.316. The molecule has 0 bridgehead atoms. The second kappa shape index (κ2) is 7.86. The van der Waals surface area contributed by atoms with Crippen molar-refractivity contribution in [3.63, 3.8) is 0 Å². The van der Waals surface area contributed by atoms with Crippen molar-refractivity contribution in [1.29, 1.82) is 0 Å². The van der Waals surface area contributed by atoms with E-state index in [0.717, 1.165) is 24.0 Å². The molecule has 1 aliphatic rings. The van der Waals surface area contributed by atoms with Crippen LogP contribution in [0.5, 0.6) is 11.5 Å². The lowest BCUT2D eigenvalue weighted by Gasteiger charge is -2.11. The van der Waals surface area contributed by atoms with Crippen molar-refractivity contribution in [3.8, 4) is 11.5 Å². The molecule has 0 saturated heterocycles. The average Bonchev–Trinajstić information content (AvgIpc) is 3.00. The molecule has 0 amide bonds. The van der Waals surface area contributed by atoms with E-state index < -0.39 is 11.9 Å². The number of ether oxygens (including phenoxy) is 2. The Bertz CT molecular complexity index is 819. The number of aryl methyl sites for hydroxylation is 1. The molecule has 2 aromatic rings. The number of nitrogens with zero attached hydrogens (tertiary/aromatic N) is 1. The van der Waals surface area contributed by atoms with Gasteiger partial charge >= 0.3 is 11.9 Å². The number of carboxylic acid groups (broad SMARTS) is 2. The zero-order valence-corrected chi connectivity index (χ0v) is 14.1. The molecule has 2 N–H and O–H groups in total. The first-order chi connectivity index (χ1) is 12.5. The monoisotopic (exact) mass is 357 g/mol. The summed E-state index contributed by atoms with van der Waals surface area (Å²) in [7, 11) is 0. The summed E-state index contributed by atoms with van der Waals surface area (Å²) in [6.45, 7) is 0.554. The average molecular weight is 357 g/mol. The van der Waals surface area contributed by atoms with Crippen LogP contribution in [-0.4, -0.2) is 40.3 Å². The number of aliphatic carboxylic acids is 1. The van der Waals surface area contributed by atoms with Crippen molar-refractivity contribution < 1.29 is 29.3 Å². The predicted octanol–water partition coefficient (Wildman–Crippen LogP) is 2.74. The van der Waals surface area contributed by atoms with Crippen molar-refractivity contribution in [2.24, 2.45) is 0 Å². The maximum Gasteiger partial charge on any atom is 0.337 e. The van der Waals surface area contributed by atoms with E-state index in [-0.39, 0.29) is 24.5 Å². The highest BCUT2D eigenvalue weighted by Crippen LogP contribution is 2.37. The number of hydrogen-bond acceptors (Lipinski definition) is 5. The second-order valence-corrected chi connectivity index (χ2v) is 6.11. The van der Waals surface area contributed by atoms with Crippen LogP contribution >= 0.6 is 0 Å². The van der Waals surface area contributed by atoms with Gasteiger partial charge in [-0.25, -0.2) is 4.79 Å². The summed E-state index contributed by atoms with van der Waals surface area (Å²) in [4.78, 5) is 25.6. The molecule has 1 heterocycles. The second-order valence-electron chi connectivity index (χ2n) is 6.11. The number of aromatic nitrogens is 1. The van der Waals surface area contributed by atoms with E-state index in [9.17, 15) is 9.59 Å². The maximum atomic E-state index is 10.9. The van der Waals surface area contributed by atoms with Crippen LogP contribution in [0.3, 0.4) is 0 Å². The minimum atomic E-state index is -1.06. The van der Waals surface area contributed by atoms with E-state index in [4.69, 9.17) is 19.7 Å². The fourth-order valence-electron chi connectivity index (χ4n) is 3.13. The standard InChI is InChI=1S/C19H19NO6/c21-18(22)9-13-2-1-12-7-15(3-4-17(12)13)25-5-6-26-16-8-14(19(23)24)10-20-11-16/h3-4,7-8,10-11,13H,1-2,5-6,9H2,(H,21,22)(H,23,24)/t13-/m0/s1. The predicted molar refractivity (Wildman–Crippen MR) is 91.9 cm³/mol. The Balaban J connectivity index is 1.51. The molecule has 0 radical (unpaired) electrons. The molecular weight excluding hydrogens is 338 g/mol. The lowest BCUT2D eigenvalue weighted by Crippen LogP contribution is -2.10. The Kier molecular flexibility index (Phi) is 5.36. The summed E-state index contributed by atoms with van der Waals surface area (Å²) in [5.41, 5.74) is 2.29. The smallest absolute Gasteiger partial charge is 0.337 e. The third kappa shape index (κ3) is 4.30. The Morgan fingerprint density at radius 1 is 1.08 bits per heavy atom. The third-order valence-electron chi connectivity index (χ3n) is 4.32. The van der Waals surface area contributed by atoms with Gasteiger partial charge in [0.25, 0.3) is 0 Å². The van der Waals surface area contributed by atoms with Crippen LogP contribution in [0.25, 0.3) is 0 Å². The number of pyridine rings is 1. The van der Waals surface area contributed by atoms with Gasteiger partial charge in [0.2, 0.25) is 0 Å². The van der Waals surface area contributed by atoms with Crippen molar-refractivity contribution in [2.75, 3.05) is 13.2 Å². The largest absolute Gasteiger partial charge is 0.490 e. The normalized spacial score (nSPS) is 15.3. The summed E-state index contributed by atoms with van der Waals surface area (Å²) in [5, 5.41) is 17.9. The zero-order valence-electron chi connectivity index (χ0n) is 14.1. The Hall–Kier alpha value is -3.09. The van der Waals surface area contributed by atoms with Crippen LogP contribution in [-0.2, 0) is 11.2 Å². The van der Waals surface area contributed by atoms with E-state index >= 15 is 0 Å². The van der Waals surface area contributed by atoms with Gasteiger partial charge in [-0.1, -0.05) is 6.07 Å². The lowest BCUT2D eigenvalue weighted by atomic mass is 9.98. The van der Waals surface area contributed by atoms with Crippen molar-refractivity contribution in [2.45, 2.75) is 25.2 Å². The van der Waals surface area contributed by atoms with Crippen molar-refractivity contribution in [3.05, 3.63) is 53.3 Å². The number of carboxylic acids is 2. The molecule has 136 valence electrons. The molecule has 7 nitrogen and oxygen atoms in total. The van der Waals surface area contributed by atoms with E-state index in [1.54, 1.807) is 0 Å². The molecular formula is C19H19NO6. The molecule has 1 aromatic heterocycles. The summed E-state index contributed by atoms with van der Waals surface area (Å²) in [6, 6.07) is 7.13. The first-order valence-electron chi connectivity index (χ1n) is 8.31. The zero-order chi connectivity index (χ0) is 18.5. The minimum absolute atomic E-state index is 0.0676. The summed E-state index contributed by atoms with van der Waals surface area (Å²) in [6.07, 6.45) is 4.57. The molecule has 3 rings (SSSR count). The van der Waals surface area contributed by atoms with E-state index in [0.29, 0.717) is 18.1 Å². The number of carbonyl (C=O) groups is 2. The molecule has 26 heavy (non-hydrogen) atoms. The highest BCUT2D eigenvalue weighted by molar-refractivity contribution is 5.87. The van der Waals surface area contributed by atoms with E-state index in [2.05, 4.69) is 4.98 Å². The summed E-state index contributed by atoms with van der Waals surface area (Å²) in [5.74, 6) is -0.672. The molecule has 0 saturated carbocycles. The summed E-state index contributed by atoms with van der Waals surface area (Å²) < 4.78 is 11.1. The minimum Gasteiger partial charge on any atom is -0.490 e.